The largest absolute Gasteiger partial charge is 0.459 e. The van der Waals surface area contributed by atoms with Gasteiger partial charge in [-0.05, 0) is 91.4 Å². The minimum atomic E-state index is -1.19. The Bertz CT molecular complexity index is 1280. The SMILES string of the molecule is C=CCCC(CC(=O)[C@@H]1[C@@H]2[C@H](CN1C(=O)[C@@H](NC(=O)NC(C)(C)C)C1CCCCC1)C2(Cl)Cl)C(=O)C(=O)CCCC(=O)OC1(C)CCCC1. The number of fused-ring (bicyclic) bond motifs is 1. The van der Waals surface area contributed by atoms with Crippen LogP contribution in [-0.2, 0) is 28.7 Å². The molecule has 2 N–H and O–H groups in total. The molecule has 4 aliphatic rings. The van der Waals surface area contributed by atoms with Gasteiger partial charge in [-0.1, -0.05) is 25.3 Å². The van der Waals surface area contributed by atoms with Gasteiger partial charge in [-0.15, -0.1) is 29.8 Å². The molecule has 3 aliphatic carbocycles. The van der Waals surface area contributed by atoms with Crippen molar-refractivity contribution in [2.75, 3.05) is 6.54 Å². The topological polar surface area (TPSA) is 139 Å². The quantitative estimate of drug-likeness (QED) is 0.0815. The summed E-state index contributed by atoms with van der Waals surface area (Å²) in [5.74, 6) is -4.25. The summed E-state index contributed by atoms with van der Waals surface area (Å²) in [5, 5.41) is 5.79. The molecule has 0 bridgehead atoms. The van der Waals surface area contributed by atoms with Gasteiger partial charge >= 0.3 is 12.0 Å². The van der Waals surface area contributed by atoms with Crippen LogP contribution >= 0.6 is 23.2 Å². The fourth-order valence-corrected chi connectivity index (χ4v) is 8.88. The van der Waals surface area contributed by atoms with E-state index < -0.39 is 57.0 Å². The Balaban J connectivity index is 1.45. The van der Waals surface area contributed by atoms with Gasteiger partial charge in [0.2, 0.25) is 11.7 Å². The molecule has 1 heterocycles. The molecule has 3 saturated carbocycles. The average Bonchev–Trinajstić information content (AvgIpc) is 3.37. The van der Waals surface area contributed by atoms with Crippen molar-refractivity contribution in [2.24, 2.45) is 23.7 Å². The van der Waals surface area contributed by atoms with Crippen LogP contribution in [0.1, 0.15) is 124 Å². The highest BCUT2D eigenvalue weighted by atomic mass is 35.5. The second kappa shape index (κ2) is 16.3. The first-order valence-electron chi connectivity index (χ1n) is 18.2. The second-order valence-corrected chi connectivity index (χ2v) is 17.4. The smallest absolute Gasteiger partial charge is 0.315 e. The van der Waals surface area contributed by atoms with Crippen LogP contribution in [0.5, 0.6) is 0 Å². The van der Waals surface area contributed by atoms with Crippen molar-refractivity contribution in [3.8, 4) is 0 Å². The number of carbonyl (C=O) groups excluding carboxylic acids is 6. The lowest BCUT2D eigenvalue weighted by molar-refractivity contribution is -0.157. The molecule has 5 atom stereocenters. The Morgan fingerprint density at radius 1 is 1.00 bits per heavy atom. The van der Waals surface area contributed by atoms with E-state index >= 15 is 0 Å². The van der Waals surface area contributed by atoms with Crippen LogP contribution in [0.15, 0.2) is 12.7 Å². The first-order valence-corrected chi connectivity index (χ1v) is 18.9. The molecule has 3 amide bonds. The normalized spacial score (nSPS) is 25.4. The molecule has 1 unspecified atom stereocenters. The van der Waals surface area contributed by atoms with Gasteiger partial charge < -0.3 is 20.3 Å². The van der Waals surface area contributed by atoms with Crippen molar-refractivity contribution in [3.63, 3.8) is 0 Å². The number of rotatable bonds is 16. The predicted molar refractivity (Wildman–Crippen MR) is 188 cm³/mol. The number of carbonyl (C=O) groups is 6. The summed E-state index contributed by atoms with van der Waals surface area (Å²) in [4.78, 5) is 81.9. The molecule has 4 rings (SSSR count). The molecule has 274 valence electrons. The van der Waals surface area contributed by atoms with Crippen LogP contribution in [0.25, 0.3) is 0 Å². The Morgan fingerprint density at radius 2 is 1.65 bits per heavy atom. The minimum Gasteiger partial charge on any atom is -0.459 e. The average molecular weight is 725 g/mol. The molecule has 49 heavy (non-hydrogen) atoms. The summed E-state index contributed by atoms with van der Waals surface area (Å²) in [7, 11) is 0. The van der Waals surface area contributed by atoms with Crippen LogP contribution in [0, 0.1) is 23.7 Å². The molecule has 0 spiro atoms. The summed E-state index contributed by atoms with van der Waals surface area (Å²) in [5.41, 5.74) is -0.978. The highest BCUT2D eigenvalue weighted by Gasteiger charge is 2.73. The van der Waals surface area contributed by atoms with Crippen molar-refractivity contribution in [1.29, 1.82) is 0 Å². The number of ether oxygens (including phenoxy) is 1. The number of nitrogens with one attached hydrogen (secondary N) is 2. The van der Waals surface area contributed by atoms with Gasteiger partial charge in [-0.3, -0.25) is 24.0 Å². The van der Waals surface area contributed by atoms with E-state index in [2.05, 4.69) is 17.2 Å². The first-order chi connectivity index (χ1) is 23.0. The molecule has 0 aromatic carbocycles. The number of amides is 3. The zero-order valence-corrected chi connectivity index (χ0v) is 31.1. The third-order valence-electron chi connectivity index (χ3n) is 10.7. The number of ketones is 3. The number of likely N-dealkylation sites (tertiary alicyclic amines) is 1. The van der Waals surface area contributed by atoms with Crippen LogP contribution < -0.4 is 10.6 Å². The number of allylic oxidation sites excluding steroid dienone is 1. The summed E-state index contributed by atoms with van der Waals surface area (Å²) < 4.78 is 4.45. The van der Waals surface area contributed by atoms with E-state index in [-0.39, 0.29) is 68.1 Å². The van der Waals surface area contributed by atoms with Gasteiger partial charge in [-0.25, -0.2) is 4.79 Å². The lowest BCUT2D eigenvalue weighted by atomic mass is 9.82. The summed E-state index contributed by atoms with van der Waals surface area (Å²) in [6.07, 6.45) is 10.3. The van der Waals surface area contributed by atoms with Crippen LogP contribution in [0.2, 0.25) is 0 Å². The number of hydrogen-bond donors (Lipinski definition) is 2. The molecule has 10 nitrogen and oxygen atoms in total. The lowest BCUT2D eigenvalue weighted by Gasteiger charge is -2.37. The Kier molecular flexibility index (Phi) is 13.1. The predicted octanol–water partition coefficient (Wildman–Crippen LogP) is 6.39. The van der Waals surface area contributed by atoms with Gasteiger partial charge in [0, 0.05) is 49.1 Å². The van der Waals surface area contributed by atoms with Crippen molar-refractivity contribution in [1.82, 2.24) is 15.5 Å². The molecule has 0 aromatic rings. The van der Waals surface area contributed by atoms with Gasteiger partial charge in [0.1, 0.15) is 16.0 Å². The highest BCUT2D eigenvalue weighted by Crippen LogP contribution is 2.65. The van der Waals surface area contributed by atoms with E-state index in [4.69, 9.17) is 27.9 Å². The molecule has 0 aromatic heterocycles. The molecular weight excluding hydrogens is 669 g/mol. The molecule has 12 heteroatoms. The number of esters is 1. The van der Waals surface area contributed by atoms with Gasteiger partial charge in [0.25, 0.3) is 0 Å². The molecule has 1 aliphatic heterocycles. The molecule has 1 saturated heterocycles. The number of hydrogen-bond acceptors (Lipinski definition) is 7. The van der Waals surface area contributed by atoms with Crippen molar-refractivity contribution >= 4 is 58.5 Å². The standard InChI is InChI=1S/C37H55Cl2N3O7/c1-6-7-14-24(32(46)26(43)17-13-18-28(45)49-36(5)19-11-12-20-36)21-27(44)31-29-25(37(29,38)39)22-42(31)33(47)30(23-15-9-8-10-16-23)40-34(48)41-35(2,3)4/h6,23-25,29-31H,1,7-22H2,2-5H3,(H2,40,41,48)/t24?,25-,29-,30-,31+/m0/s1. The number of Topliss-reactive ketones (excluding diaryl/α,β-unsaturated/α-hetero) is 3. The summed E-state index contributed by atoms with van der Waals surface area (Å²) in [6, 6.07) is -2.27. The summed E-state index contributed by atoms with van der Waals surface area (Å²) >= 11 is 13.2. The van der Waals surface area contributed by atoms with Gasteiger partial charge in [0.15, 0.2) is 11.6 Å². The zero-order chi connectivity index (χ0) is 36.1. The van der Waals surface area contributed by atoms with E-state index in [1.165, 1.54) is 4.90 Å². The molecular formula is C37H55Cl2N3O7. The number of nitrogens with zero attached hydrogens (tertiary/aromatic N) is 1. The monoisotopic (exact) mass is 723 g/mol. The van der Waals surface area contributed by atoms with Crippen molar-refractivity contribution in [2.45, 2.75) is 152 Å². The van der Waals surface area contributed by atoms with E-state index in [1.807, 2.05) is 27.7 Å². The van der Waals surface area contributed by atoms with E-state index in [0.29, 0.717) is 6.42 Å². The maximum Gasteiger partial charge on any atom is 0.315 e. The Labute approximate surface area is 301 Å². The van der Waals surface area contributed by atoms with Gasteiger partial charge in [-0.2, -0.15) is 0 Å². The fourth-order valence-electron chi connectivity index (χ4n) is 8.05. The van der Waals surface area contributed by atoms with Crippen LogP contribution in [0.3, 0.4) is 0 Å². The maximum atomic E-state index is 14.3. The number of piperidine rings is 1. The minimum absolute atomic E-state index is 0.0323. The number of urea groups is 1. The van der Waals surface area contributed by atoms with E-state index in [9.17, 15) is 28.8 Å². The van der Waals surface area contributed by atoms with E-state index in [0.717, 1.165) is 57.8 Å². The highest BCUT2D eigenvalue weighted by molar-refractivity contribution is 6.51. The van der Waals surface area contributed by atoms with Gasteiger partial charge in [0.05, 0.1) is 6.04 Å². The summed E-state index contributed by atoms with van der Waals surface area (Å²) in [6.45, 7) is 11.4. The Hall–Kier alpha value is -2.46. The van der Waals surface area contributed by atoms with Crippen LogP contribution in [0.4, 0.5) is 4.79 Å². The molecule has 0 radical (unpaired) electrons. The number of halogens is 2. The number of alkyl halides is 2. The van der Waals surface area contributed by atoms with Crippen molar-refractivity contribution < 1.29 is 33.5 Å². The Morgan fingerprint density at radius 3 is 2.27 bits per heavy atom. The fraction of sp³-hybridized carbons (Fsp3) is 0.784. The van der Waals surface area contributed by atoms with Crippen LogP contribution in [-0.4, -0.2) is 74.3 Å². The first kappa shape index (κ1) is 39.3. The second-order valence-electron chi connectivity index (χ2n) is 16.0. The lowest BCUT2D eigenvalue weighted by Crippen LogP contribution is -2.59. The molecule has 4 fully saturated rings. The maximum absolute atomic E-state index is 14.3. The van der Waals surface area contributed by atoms with Crippen molar-refractivity contribution in [3.05, 3.63) is 12.7 Å². The van der Waals surface area contributed by atoms with E-state index in [1.54, 1.807) is 6.08 Å². The third-order valence-corrected chi connectivity index (χ3v) is 11.8. The zero-order valence-electron chi connectivity index (χ0n) is 29.6. The third kappa shape index (κ3) is 10.1.